The molecule has 0 fully saturated rings. The van der Waals surface area contributed by atoms with Gasteiger partial charge >= 0.3 is 0 Å². The van der Waals surface area contributed by atoms with Crippen LogP contribution in [0.2, 0.25) is 0 Å². The molecule has 5 nitrogen and oxygen atoms in total. The molecule has 1 aliphatic heterocycles. The normalized spacial score (nSPS) is 13.5. The van der Waals surface area contributed by atoms with Gasteiger partial charge in [-0.3, -0.25) is 4.79 Å². The van der Waals surface area contributed by atoms with Crippen molar-refractivity contribution in [3.8, 4) is 11.4 Å². The molecule has 3 aromatic rings. The molecule has 7 heteroatoms. The first-order chi connectivity index (χ1) is 13.1. The van der Waals surface area contributed by atoms with Crippen molar-refractivity contribution in [2.75, 3.05) is 23.0 Å². The van der Waals surface area contributed by atoms with E-state index in [0.29, 0.717) is 5.75 Å². The van der Waals surface area contributed by atoms with E-state index in [1.165, 1.54) is 16.7 Å². The summed E-state index contributed by atoms with van der Waals surface area (Å²) < 4.78 is 1.96. The quantitative estimate of drug-likeness (QED) is 0.624. The molecule has 0 aliphatic carbocycles. The highest BCUT2D eigenvalue weighted by Crippen LogP contribution is 2.35. The number of thioether (sulfide) groups is 2. The minimum Gasteiger partial charge on any atom is -0.310 e. The van der Waals surface area contributed by atoms with Crippen molar-refractivity contribution in [3.05, 3.63) is 54.1 Å². The Bertz CT molecular complexity index is 986. The van der Waals surface area contributed by atoms with Gasteiger partial charge in [0.1, 0.15) is 0 Å². The number of carbonyl (C=O) groups excluding carboxylic acids is 1. The second kappa shape index (κ2) is 7.78. The fourth-order valence-electron chi connectivity index (χ4n) is 3.13. The number of hydrogen-bond donors (Lipinski definition) is 0. The van der Waals surface area contributed by atoms with Crippen molar-refractivity contribution in [3.63, 3.8) is 0 Å². The van der Waals surface area contributed by atoms with Crippen molar-refractivity contribution >= 4 is 35.1 Å². The molecule has 2 heterocycles. The first-order valence-corrected chi connectivity index (χ1v) is 10.7. The van der Waals surface area contributed by atoms with E-state index < -0.39 is 0 Å². The molecule has 1 aromatic heterocycles. The number of para-hydroxylation sites is 1. The van der Waals surface area contributed by atoms with Gasteiger partial charge in [0.05, 0.1) is 11.4 Å². The summed E-state index contributed by atoms with van der Waals surface area (Å²) >= 11 is 3.24. The highest BCUT2D eigenvalue weighted by Gasteiger charge is 2.23. The number of benzene rings is 2. The van der Waals surface area contributed by atoms with Crippen LogP contribution in [0.5, 0.6) is 0 Å². The summed E-state index contributed by atoms with van der Waals surface area (Å²) in [5.41, 5.74) is 3.23. The van der Waals surface area contributed by atoms with E-state index in [2.05, 4.69) is 29.3 Å². The molecule has 27 heavy (non-hydrogen) atoms. The lowest BCUT2D eigenvalue weighted by atomic mass is 10.1. The SMILES string of the molecule is Cc1ccccc1-c1nnc(SCC(=O)N2CCSc3ccccc32)n1C. The van der Waals surface area contributed by atoms with Gasteiger partial charge in [-0.25, -0.2) is 0 Å². The van der Waals surface area contributed by atoms with Gasteiger partial charge in [-0.15, -0.1) is 22.0 Å². The molecule has 0 saturated heterocycles. The number of hydrogen-bond acceptors (Lipinski definition) is 5. The first-order valence-electron chi connectivity index (χ1n) is 8.75. The molecule has 138 valence electrons. The average molecular weight is 397 g/mol. The van der Waals surface area contributed by atoms with E-state index in [4.69, 9.17) is 0 Å². The minimum absolute atomic E-state index is 0.105. The smallest absolute Gasteiger partial charge is 0.237 e. The molecule has 0 saturated carbocycles. The van der Waals surface area contributed by atoms with Gasteiger partial charge in [-0.2, -0.15) is 0 Å². The Morgan fingerprint density at radius 1 is 1.15 bits per heavy atom. The number of amides is 1. The molecule has 2 aromatic carbocycles. The summed E-state index contributed by atoms with van der Waals surface area (Å²) in [6, 6.07) is 16.2. The Morgan fingerprint density at radius 2 is 1.93 bits per heavy atom. The molecule has 1 amide bonds. The van der Waals surface area contributed by atoms with Crippen molar-refractivity contribution in [1.29, 1.82) is 0 Å². The largest absolute Gasteiger partial charge is 0.310 e. The minimum atomic E-state index is 0.105. The zero-order valence-corrected chi connectivity index (χ0v) is 16.9. The van der Waals surface area contributed by atoms with Crippen LogP contribution in [-0.4, -0.2) is 38.7 Å². The predicted octanol–water partition coefficient (Wildman–Crippen LogP) is 4.02. The van der Waals surface area contributed by atoms with Gasteiger partial charge in [-0.1, -0.05) is 48.2 Å². The molecule has 0 radical (unpaired) electrons. The Hall–Kier alpha value is -2.25. The topological polar surface area (TPSA) is 51.0 Å². The molecule has 4 rings (SSSR count). The van der Waals surface area contributed by atoms with E-state index in [-0.39, 0.29) is 5.91 Å². The van der Waals surface area contributed by atoms with Crippen LogP contribution >= 0.6 is 23.5 Å². The lowest BCUT2D eigenvalue weighted by Gasteiger charge is -2.28. The summed E-state index contributed by atoms with van der Waals surface area (Å²) in [6.07, 6.45) is 0. The lowest BCUT2D eigenvalue weighted by molar-refractivity contribution is -0.116. The Kier molecular flexibility index (Phi) is 5.22. The summed E-state index contributed by atoms with van der Waals surface area (Å²) in [7, 11) is 1.95. The number of carbonyl (C=O) groups is 1. The maximum atomic E-state index is 12.8. The first kappa shape index (κ1) is 18.1. The standard InChI is InChI=1S/C20H20N4OS2/c1-14-7-3-4-8-15(14)19-21-22-20(23(19)2)27-13-18(25)24-11-12-26-17-10-6-5-9-16(17)24/h3-10H,11-13H2,1-2H3. The third-order valence-corrected chi connectivity index (χ3v) is 6.62. The average Bonchev–Trinajstić information content (AvgIpc) is 3.06. The van der Waals surface area contributed by atoms with Crippen LogP contribution in [0.25, 0.3) is 11.4 Å². The van der Waals surface area contributed by atoms with Crippen molar-refractivity contribution < 1.29 is 4.79 Å². The van der Waals surface area contributed by atoms with Gasteiger partial charge in [0.2, 0.25) is 5.91 Å². The third-order valence-electron chi connectivity index (χ3n) is 4.58. The Morgan fingerprint density at radius 3 is 2.78 bits per heavy atom. The monoisotopic (exact) mass is 396 g/mol. The summed E-state index contributed by atoms with van der Waals surface area (Å²) in [4.78, 5) is 15.9. The zero-order chi connectivity index (χ0) is 18.8. The van der Waals surface area contributed by atoms with E-state index in [1.807, 2.05) is 52.9 Å². The number of rotatable bonds is 4. The van der Waals surface area contributed by atoms with E-state index in [1.54, 1.807) is 11.8 Å². The Balaban J connectivity index is 1.49. The fourth-order valence-corrected chi connectivity index (χ4v) is 4.91. The van der Waals surface area contributed by atoms with Crippen LogP contribution in [0, 0.1) is 6.92 Å². The van der Waals surface area contributed by atoms with Crippen molar-refractivity contribution in [2.24, 2.45) is 7.05 Å². The lowest BCUT2D eigenvalue weighted by Crippen LogP contribution is -2.36. The molecular formula is C20H20N4OS2. The zero-order valence-electron chi connectivity index (χ0n) is 15.3. The number of aryl methyl sites for hydroxylation is 1. The number of aromatic nitrogens is 3. The fraction of sp³-hybridized carbons (Fsp3) is 0.250. The van der Waals surface area contributed by atoms with Gasteiger partial charge in [-0.05, 0) is 24.6 Å². The highest BCUT2D eigenvalue weighted by atomic mass is 32.2. The van der Waals surface area contributed by atoms with E-state index in [9.17, 15) is 4.79 Å². The highest BCUT2D eigenvalue weighted by molar-refractivity contribution is 8.00. The van der Waals surface area contributed by atoms with Gasteiger partial charge < -0.3 is 9.47 Å². The van der Waals surface area contributed by atoms with Crippen molar-refractivity contribution in [2.45, 2.75) is 17.0 Å². The van der Waals surface area contributed by atoms with Gasteiger partial charge in [0, 0.05) is 29.8 Å². The van der Waals surface area contributed by atoms with E-state index in [0.717, 1.165) is 40.1 Å². The molecule has 1 aliphatic rings. The second-order valence-electron chi connectivity index (χ2n) is 6.33. The molecule has 0 bridgehead atoms. The van der Waals surface area contributed by atoms with Crippen LogP contribution in [0.15, 0.2) is 58.6 Å². The van der Waals surface area contributed by atoms with Gasteiger partial charge in [0.25, 0.3) is 0 Å². The molecular weight excluding hydrogens is 376 g/mol. The van der Waals surface area contributed by atoms with Crippen LogP contribution in [0.4, 0.5) is 5.69 Å². The summed E-state index contributed by atoms with van der Waals surface area (Å²) in [5, 5.41) is 9.38. The molecule has 0 spiro atoms. The van der Waals surface area contributed by atoms with Crippen LogP contribution in [0.1, 0.15) is 5.56 Å². The second-order valence-corrected chi connectivity index (χ2v) is 8.41. The third kappa shape index (κ3) is 3.61. The van der Waals surface area contributed by atoms with Crippen LogP contribution in [0.3, 0.4) is 0 Å². The predicted molar refractivity (Wildman–Crippen MR) is 111 cm³/mol. The number of nitrogens with zero attached hydrogens (tertiary/aromatic N) is 4. The van der Waals surface area contributed by atoms with Crippen LogP contribution in [-0.2, 0) is 11.8 Å². The number of anilines is 1. The van der Waals surface area contributed by atoms with Crippen molar-refractivity contribution in [1.82, 2.24) is 14.8 Å². The van der Waals surface area contributed by atoms with E-state index >= 15 is 0 Å². The number of fused-ring (bicyclic) bond motifs is 1. The molecule has 0 atom stereocenters. The maximum Gasteiger partial charge on any atom is 0.237 e. The summed E-state index contributed by atoms with van der Waals surface area (Å²) in [5.74, 6) is 2.20. The Labute approximate surface area is 167 Å². The summed E-state index contributed by atoms with van der Waals surface area (Å²) in [6.45, 7) is 2.81. The van der Waals surface area contributed by atoms with Gasteiger partial charge in [0.15, 0.2) is 11.0 Å². The molecule has 0 unspecified atom stereocenters. The molecule has 0 N–H and O–H groups in total. The van der Waals surface area contributed by atoms with Crippen LogP contribution < -0.4 is 4.90 Å². The maximum absolute atomic E-state index is 12.8.